The summed E-state index contributed by atoms with van der Waals surface area (Å²) in [5, 5.41) is 0. The Labute approximate surface area is 155 Å². The lowest BCUT2D eigenvalue weighted by atomic mass is 9.87. The van der Waals surface area contributed by atoms with E-state index >= 15 is 0 Å². The number of carbonyl (C=O) groups is 1. The van der Waals surface area contributed by atoms with Gasteiger partial charge in [-0.25, -0.2) is 0 Å². The molecule has 3 rings (SSSR count). The van der Waals surface area contributed by atoms with Crippen molar-refractivity contribution < 1.29 is 22.7 Å². The number of hydrogen-bond acceptors (Lipinski definition) is 5. The number of nitrogens with zero attached hydrogens (tertiary/aromatic N) is 1. The minimum absolute atomic E-state index is 0.169. The van der Waals surface area contributed by atoms with Gasteiger partial charge in [-0.1, -0.05) is 32.9 Å². The molecule has 1 aromatic carbocycles. The molecule has 0 radical (unpaired) electrons. The van der Waals surface area contributed by atoms with Crippen LogP contribution < -0.4 is 9.64 Å². The summed E-state index contributed by atoms with van der Waals surface area (Å²) in [6, 6.07) is 4.82. The monoisotopic (exact) mass is 405 g/mol. The highest BCUT2D eigenvalue weighted by molar-refractivity contribution is 7.80. The van der Waals surface area contributed by atoms with Gasteiger partial charge in [0.15, 0.2) is 0 Å². The Balaban J connectivity index is 2.32. The minimum Gasteiger partial charge on any atom is -0.494 e. The lowest BCUT2D eigenvalue weighted by Crippen LogP contribution is -2.52. The highest BCUT2D eigenvalue weighted by Gasteiger charge is 2.52. The Morgan fingerprint density at radius 2 is 2.00 bits per heavy atom. The summed E-state index contributed by atoms with van der Waals surface area (Å²) in [5.41, 5.74) is 0.262. The standard InChI is InChI=1S/C16H14F3NO2S3/c1-4-22-8-5-6-9-10(7-8)20(14(21)16(17,18)19)15(2,3)12-11(9)13(23)25-24-12/h5-7H,4H2,1-3H3. The number of carbonyl (C=O) groups excluding carboxylic acids is 1. The molecular formula is C16H14F3NO2S3. The topological polar surface area (TPSA) is 29.5 Å². The van der Waals surface area contributed by atoms with Crippen LogP contribution in [0.3, 0.4) is 0 Å². The third-order valence-electron chi connectivity index (χ3n) is 3.98. The van der Waals surface area contributed by atoms with Gasteiger partial charge in [-0.2, -0.15) is 13.2 Å². The first kappa shape index (κ1) is 18.3. The van der Waals surface area contributed by atoms with Gasteiger partial charge in [0.1, 0.15) is 9.57 Å². The Morgan fingerprint density at radius 3 is 2.60 bits per heavy atom. The molecule has 1 amide bonds. The second-order valence-corrected chi connectivity index (χ2v) is 8.78. The summed E-state index contributed by atoms with van der Waals surface area (Å²) in [4.78, 5) is 13.7. The van der Waals surface area contributed by atoms with Gasteiger partial charge in [0.2, 0.25) is 0 Å². The zero-order valence-electron chi connectivity index (χ0n) is 13.6. The Hall–Kier alpha value is -1.45. The van der Waals surface area contributed by atoms with E-state index < -0.39 is 17.6 Å². The minimum atomic E-state index is -4.98. The van der Waals surface area contributed by atoms with Crippen molar-refractivity contribution in [2.24, 2.45) is 0 Å². The van der Waals surface area contributed by atoms with E-state index in [2.05, 4.69) is 0 Å². The maximum Gasteiger partial charge on any atom is 0.471 e. The quantitative estimate of drug-likeness (QED) is 0.471. The molecule has 2 heterocycles. The van der Waals surface area contributed by atoms with Crippen molar-refractivity contribution in [1.82, 2.24) is 0 Å². The molecule has 0 atom stereocenters. The van der Waals surface area contributed by atoms with Crippen molar-refractivity contribution >= 4 is 44.5 Å². The van der Waals surface area contributed by atoms with E-state index in [1.165, 1.54) is 26.7 Å². The number of ether oxygens (including phenoxy) is 1. The number of hydrogen-bond donors (Lipinski definition) is 0. The molecule has 0 saturated carbocycles. The highest BCUT2D eigenvalue weighted by Crippen LogP contribution is 2.53. The van der Waals surface area contributed by atoms with Crippen LogP contribution in [0.2, 0.25) is 0 Å². The van der Waals surface area contributed by atoms with Gasteiger partial charge in [0.25, 0.3) is 0 Å². The first-order valence-electron chi connectivity index (χ1n) is 7.41. The fourth-order valence-electron chi connectivity index (χ4n) is 2.95. The van der Waals surface area contributed by atoms with Crippen molar-refractivity contribution in [3.63, 3.8) is 0 Å². The van der Waals surface area contributed by atoms with Crippen molar-refractivity contribution in [1.29, 1.82) is 0 Å². The van der Waals surface area contributed by atoms with Gasteiger partial charge in [-0.05, 0) is 32.9 Å². The molecule has 3 nitrogen and oxygen atoms in total. The summed E-state index contributed by atoms with van der Waals surface area (Å²) in [6.45, 7) is 5.35. The molecular weight excluding hydrogens is 391 g/mol. The van der Waals surface area contributed by atoms with Crippen LogP contribution in [0, 0.1) is 3.82 Å². The van der Waals surface area contributed by atoms with Crippen LogP contribution in [0.15, 0.2) is 18.2 Å². The van der Waals surface area contributed by atoms with Crippen LogP contribution >= 0.6 is 32.9 Å². The van der Waals surface area contributed by atoms with E-state index in [1.54, 1.807) is 32.9 Å². The van der Waals surface area contributed by atoms with E-state index in [0.717, 1.165) is 10.5 Å². The van der Waals surface area contributed by atoms with Crippen molar-refractivity contribution in [3.05, 3.63) is 26.9 Å². The summed E-state index contributed by atoms with van der Waals surface area (Å²) in [6.07, 6.45) is -4.98. The van der Waals surface area contributed by atoms with Gasteiger partial charge in [-0.15, -0.1) is 0 Å². The lowest BCUT2D eigenvalue weighted by Gasteiger charge is -2.43. The molecule has 0 spiro atoms. The predicted molar refractivity (Wildman–Crippen MR) is 96.2 cm³/mol. The molecule has 9 heteroatoms. The molecule has 0 N–H and O–H groups in total. The first-order valence-corrected chi connectivity index (χ1v) is 9.97. The summed E-state index contributed by atoms with van der Waals surface area (Å²) in [7, 11) is 2.64. The summed E-state index contributed by atoms with van der Waals surface area (Å²) < 4.78 is 45.8. The molecule has 0 unspecified atom stereocenters. The smallest absolute Gasteiger partial charge is 0.471 e. The third-order valence-corrected chi connectivity index (χ3v) is 7.31. The second-order valence-electron chi connectivity index (χ2n) is 5.97. The maximum absolute atomic E-state index is 13.3. The van der Waals surface area contributed by atoms with E-state index in [4.69, 9.17) is 17.0 Å². The normalized spacial score (nSPS) is 15.5. The van der Waals surface area contributed by atoms with Crippen molar-refractivity contribution in [3.8, 4) is 16.9 Å². The van der Waals surface area contributed by atoms with Crippen LogP contribution in [0.5, 0.6) is 5.75 Å². The fraction of sp³-hybridized carbons (Fsp3) is 0.375. The molecule has 1 aliphatic heterocycles. The van der Waals surface area contributed by atoms with E-state index in [1.807, 2.05) is 0 Å². The lowest BCUT2D eigenvalue weighted by molar-refractivity contribution is -0.171. The van der Waals surface area contributed by atoms with Crippen LogP contribution in [0.4, 0.5) is 18.9 Å². The fourth-order valence-corrected chi connectivity index (χ4v) is 6.23. The molecule has 0 saturated heterocycles. The number of rotatable bonds is 2. The zero-order chi connectivity index (χ0) is 18.6. The van der Waals surface area contributed by atoms with Gasteiger partial charge < -0.3 is 4.74 Å². The average Bonchev–Trinajstić information content (AvgIpc) is 2.89. The van der Waals surface area contributed by atoms with Crippen LogP contribution in [-0.2, 0) is 10.3 Å². The first-order chi connectivity index (χ1) is 11.6. The third kappa shape index (κ3) is 2.88. The highest BCUT2D eigenvalue weighted by atomic mass is 32.9. The number of benzene rings is 1. The molecule has 0 fully saturated rings. The van der Waals surface area contributed by atoms with E-state index in [-0.39, 0.29) is 5.69 Å². The van der Waals surface area contributed by atoms with Gasteiger partial charge in [-0.3, -0.25) is 9.69 Å². The number of halogens is 3. The average molecular weight is 405 g/mol. The van der Waals surface area contributed by atoms with E-state index in [0.29, 0.717) is 26.6 Å². The zero-order valence-corrected chi connectivity index (χ0v) is 16.0. The molecule has 25 heavy (non-hydrogen) atoms. The number of alkyl halides is 3. The van der Waals surface area contributed by atoms with Crippen LogP contribution in [0.1, 0.15) is 25.6 Å². The van der Waals surface area contributed by atoms with Gasteiger partial charge in [0.05, 0.1) is 22.7 Å². The molecule has 134 valence electrons. The van der Waals surface area contributed by atoms with Gasteiger partial charge >= 0.3 is 12.1 Å². The van der Waals surface area contributed by atoms with E-state index in [9.17, 15) is 18.0 Å². The largest absolute Gasteiger partial charge is 0.494 e. The Kier molecular flexibility index (Phi) is 4.45. The van der Waals surface area contributed by atoms with Crippen LogP contribution in [0.25, 0.3) is 11.1 Å². The molecule has 1 aliphatic rings. The van der Waals surface area contributed by atoms with Crippen LogP contribution in [-0.4, -0.2) is 18.7 Å². The number of anilines is 1. The molecule has 1 aromatic heterocycles. The summed E-state index contributed by atoms with van der Waals surface area (Å²) in [5.74, 6) is -1.49. The van der Waals surface area contributed by atoms with Crippen molar-refractivity contribution in [2.45, 2.75) is 32.5 Å². The molecule has 2 aromatic rings. The van der Waals surface area contributed by atoms with Gasteiger partial charge in [0, 0.05) is 17.2 Å². The predicted octanol–water partition coefficient (Wildman–Crippen LogP) is 5.75. The number of fused-ring (bicyclic) bond motifs is 3. The summed E-state index contributed by atoms with van der Waals surface area (Å²) >= 11 is 5.38. The second kappa shape index (κ2) is 6.07. The SMILES string of the molecule is CCOc1ccc2c(c1)N(C(=O)C(F)(F)F)C(C)(C)c1ssc(=S)c1-2. The molecule has 0 bridgehead atoms. The van der Waals surface area contributed by atoms with Crippen molar-refractivity contribution in [2.75, 3.05) is 11.5 Å². The molecule has 0 aliphatic carbocycles. The Bertz CT molecular complexity index is 899. The Morgan fingerprint density at radius 1 is 1.32 bits per heavy atom. The maximum atomic E-state index is 13.3. The number of amides is 1.